The number of benzene rings is 1. The summed E-state index contributed by atoms with van der Waals surface area (Å²) in [4.78, 5) is 23.8. The largest absolute Gasteiger partial charge is 0.436 e. The average molecular weight is 328 g/mol. The molecule has 1 aliphatic rings. The molecule has 1 N–H and O–H groups in total. The summed E-state index contributed by atoms with van der Waals surface area (Å²) in [5, 5.41) is 9.03. The Morgan fingerprint density at radius 2 is 1.79 bits per heavy atom. The van der Waals surface area contributed by atoms with Crippen LogP contribution in [0.3, 0.4) is 0 Å². The maximum absolute atomic E-state index is 10.7. The number of nitrogens with zero attached hydrogens (tertiary/aromatic N) is 4. The average Bonchev–Trinajstić information content (AvgIpc) is 2.64. The summed E-state index contributed by atoms with van der Waals surface area (Å²) < 4.78 is 5.85. The lowest BCUT2D eigenvalue weighted by Gasteiger charge is -2.35. The van der Waals surface area contributed by atoms with Gasteiger partial charge in [-0.1, -0.05) is 0 Å². The maximum Gasteiger partial charge on any atom is 0.263 e. The van der Waals surface area contributed by atoms with E-state index >= 15 is 0 Å². The highest BCUT2D eigenvalue weighted by molar-refractivity contribution is 5.74. The Kier molecular flexibility index (Phi) is 5.35. The van der Waals surface area contributed by atoms with Crippen molar-refractivity contribution in [1.82, 2.24) is 14.9 Å². The highest BCUT2D eigenvalue weighted by Gasteiger charge is 2.21. The topological polar surface area (TPSA) is 78.8 Å². The lowest BCUT2D eigenvalue weighted by atomic mass is 10.2. The Bertz CT molecular complexity index is 670. The van der Waals surface area contributed by atoms with Crippen molar-refractivity contribution >= 4 is 12.1 Å². The first-order valence-electron chi connectivity index (χ1n) is 7.92. The fraction of sp³-hybridized carbons (Fsp3) is 0.353. The van der Waals surface area contributed by atoms with Gasteiger partial charge in [0.25, 0.3) is 5.88 Å². The number of aliphatic hydroxyl groups excluding tert-OH is 1. The van der Waals surface area contributed by atoms with Gasteiger partial charge in [-0.15, -0.1) is 0 Å². The van der Waals surface area contributed by atoms with Gasteiger partial charge in [-0.3, -0.25) is 9.69 Å². The summed E-state index contributed by atoms with van der Waals surface area (Å²) in [7, 11) is 0. The minimum absolute atomic E-state index is 0.177. The Morgan fingerprint density at radius 3 is 2.46 bits per heavy atom. The van der Waals surface area contributed by atoms with Crippen LogP contribution >= 0.6 is 0 Å². The maximum atomic E-state index is 10.7. The van der Waals surface area contributed by atoms with E-state index in [9.17, 15) is 4.79 Å². The smallest absolute Gasteiger partial charge is 0.263 e. The minimum atomic E-state index is 0.177. The third kappa shape index (κ3) is 3.87. The standard InChI is InChI=1S/C17H20N4O3/c22-12-11-20-7-9-21(10-8-20)16-17(19-6-5-18-16)24-15-3-1-14(13-23)2-4-15/h1-6,13,22H,7-12H2. The second-order valence-corrected chi connectivity index (χ2v) is 5.53. The van der Waals surface area contributed by atoms with Gasteiger partial charge in [0, 0.05) is 50.7 Å². The van der Waals surface area contributed by atoms with E-state index < -0.39 is 0 Å². The molecule has 126 valence electrons. The molecule has 0 spiro atoms. The molecule has 24 heavy (non-hydrogen) atoms. The predicted molar refractivity (Wildman–Crippen MR) is 89.7 cm³/mol. The summed E-state index contributed by atoms with van der Waals surface area (Å²) >= 11 is 0. The van der Waals surface area contributed by atoms with Crippen LogP contribution in [0, 0.1) is 0 Å². The van der Waals surface area contributed by atoms with E-state index in [4.69, 9.17) is 9.84 Å². The first kappa shape index (κ1) is 16.4. The Morgan fingerprint density at radius 1 is 1.08 bits per heavy atom. The molecule has 7 nitrogen and oxygen atoms in total. The lowest BCUT2D eigenvalue weighted by Crippen LogP contribution is -2.47. The van der Waals surface area contributed by atoms with Crippen molar-refractivity contribution in [2.24, 2.45) is 0 Å². The minimum Gasteiger partial charge on any atom is -0.436 e. The number of β-amino-alcohol motifs (C(OH)–C–C–N with tert-alkyl or cyclic N) is 1. The molecule has 1 fully saturated rings. The number of carbonyl (C=O) groups is 1. The zero-order valence-electron chi connectivity index (χ0n) is 13.3. The summed E-state index contributed by atoms with van der Waals surface area (Å²) in [5.74, 6) is 1.77. The molecule has 0 atom stereocenters. The van der Waals surface area contributed by atoms with Crippen LogP contribution in [0.5, 0.6) is 11.6 Å². The van der Waals surface area contributed by atoms with Crippen molar-refractivity contribution in [2.45, 2.75) is 0 Å². The SMILES string of the molecule is O=Cc1ccc(Oc2nccnc2N2CCN(CCO)CC2)cc1. The van der Waals surface area contributed by atoms with E-state index in [-0.39, 0.29) is 6.61 Å². The summed E-state index contributed by atoms with van der Waals surface area (Å²) in [6.07, 6.45) is 4.04. The van der Waals surface area contributed by atoms with E-state index in [2.05, 4.69) is 19.8 Å². The molecule has 0 aliphatic carbocycles. The lowest BCUT2D eigenvalue weighted by molar-refractivity contribution is 0.112. The number of carbonyl (C=O) groups excluding carboxylic acids is 1. The fourth-order valence-electron chi connectivity index (χ4n) is 2.66. The number of hydrogen-bond acceptors (Lipinski definition) is 7. The van der Waals surface area contributed by atoms with Crippen LogP contribution in [0.1, 0.15) is 10.4 Å². The van der Waals surface area contributed by atoms with Gasteiger partial charge in [0.2, 0.25) is 0 Å². The molecule has 7 heteroatoms. The molecule has 1 saturated heterocycles. The highest BCUT2D eigenvalue weighted by Crippen LogP contribution is 2.28. The molecule has 0 unspecified atom stereocenters. The van der Waals surface area contributed by atoms with Crippen molar-refractivity contribution in [3.63, 3.8) is 0 Å². The molecule has 3 rings (SSSR count). The monoisotopic (exact) mass is 328 g/mol. The number of piperazine rings is 1. The van der Waals surface area contributed by atoms with E-state index in [1.54, 1.807) is 36.7 Å². The summed E-state index contributed by atoms with van der Waals surface area (Å²) in [6.45, 7) is 4.21. The molecule has 1 aromatic heterocycles. The predicted octanol–water partition coefficient (Wildman–Crippen LogP) is 1.20. The van der Waals surface area contributed by atoms with Gasteiger partial charge in [-0.25, -0.2) is 9.97 Å². The van der Waals surface area contributed by atoms with Crippen LogP contribution in [0.4, 0.5) is 5.82 Å². The number of aliphatic hydroxyl groups is 1. The first-order chi connectivity index (χ1) is 11.8. The van der Waals surface area contributed by atoms with Crippen molar-refractivity contribution in [3.8, 4) is 11.6 Å². The fourth-order valence-corrected chi connectivity index (χ4v) is 2.66. The third-order valence-corrected chi connectivity index (χ3v) is 3.97. The van der Waals surface area contributed by atoms with Crippen molar-refractivity contribution in [2.75, 3.05) is 44.2 Å². The number of anilines is 1. The highest BCUT2D eigenvalue weighted by atomic mass is 16.5. The van der Waals surface area contributed by atoms with Crippen LogP contribution in [0.25, 0.3) is 0 Å². The van der Waals surface area contributed by atoms with Gasteiger partial charge < -0.3 is 14.7 Å². The molecule has 0 radical (unpaired) electrons. The molecule has 1 aromatic carbocycles. The molecule has 0 saturated carbocycles. The normalized spacial score (nSPS) is 15.3. The van der Waals surface area contributed by atoms with Crippen LogP contribution in [-0.4, -0.2) is 65.6 Å². The summed E-state index contributed by atoms with van der Waals surface area (Å²) in [5.41, 5.74) is 0.599. The number of rotatable bonds is 6. The van der Waals surface area contributed by atoms with Gasteiger partial charge in [-0.2, -0.15) is 0 Å². The van der Waals surface area contributed by atoms with Gasteiger partial charge in [-0.05, 0) is 24.3 Å². The quantitative estimate of drug-likeness (QED) is 0.798. The second kappa shape index (κ2) is 7.85. The van der Waals surface area contributed by atoms with Crippen molar-refractivity contribution < 1.29 is 14.6 Å². The number of aromatic nitrogens is 2. The van der Waals surface area contributed by atoms with E-state index in [1.165, 1.54) is 0 Å². The van der Waals surface area contributed by atoms with Gasteiger partial charge >= 0.3 is 0 Å². The van der Waals surface area contributed by atoms with Crippen molar-refractivity contribution in [1.29, 1.82) is 0 Å². The first-order valence-corrected chi connectivity index (χ1v) is 7.92. The van der Waals surface area contributed by atoms with Crippen molar-refractivity contribution in [3.05, 3.63) is 42.2 Å². The molecule has 0 amide bonds. The van der Waals surface area contributed by atoms with E-state index in [0.29, 0.717) is 29.6 Å². The number of hydrogen-bond donors (Lipinski definition) is 1. The van der Waals surface area contributed by atoms with Crippen LogP contribution in [0.2, 0.25) is 0 Å². The Hall–Kier alpha value is -2.51. The molecule has 2 heterocycles. The molecule has 0 bridgehead atoms. The molecule has 2 aromatic rings. The van der Waals surface area contributed by atoms with Crippen LogP contribution in [0.15, 0.2) is 36.7 Å². The van der Waals surface area contributed by atoms with E-state index in [0.717, 1.165) is 32.5 Å². The van der Waals surface area contributed by atoms with Gasteiger partial charge in [0.05, 0.1) is 6.61 Å². The van der Waals surface area contributed by atoms with E-state index in [1.807, 2.05) is 0 Å². The van der Waals surface area contributed by atoms with Gasteiger partial charge in [0.15, 0.2) is 5.82 Å². The molecule has 1 aliphatic heterocycles. The van der Waals surface area contributed by atoms with Gasteiger partial charge in [0.1, 0.15) is 12.0 Å². The molecular formula is C17H20N4O3. The third-order valence-electron chi connectivity index (χ3n) is 3.97. The molecular weight excluding hydrogens is 308 g/mol. The second-order valence-electron chi connectivity index (χ2n) is 5.53. The van der Waals surface area contributed by atoms with Crippen LogP contribution < -0.4 is 9.64 Å². The zero-order chi connectivity index (χ0) is 16.8. The van der Waals surface area contributed by atoms with Crippen LogP contribution in [-0.2, 0) is 0 Å². The number of ether oxygens (including phenoxy) is 1. The zero-order valence-corrected chi connectivity index (χ0v) is 13.3. The summed E-state index contributed by atoms with van der Waals surface area (Å²) in [6, 6.07) is 6.88. The Labute approximate surface area is 140 Å². The Balaban J connectivity index is 1.72. The number of aldehydes is 1.